The van der Waals surface area contributed by atoms with E-state index in [1.165, 1.54) is 6.42 Å². The minimum absolute atomic E-state index is 0.432. The number of para-hydroxylation sites is 1. The second-order valence-electron chi connectivity index (χ2n) is 4.44. The van der Waals surface area contributed by atoms with Gasteiger partial charge in [0, 0.05) is 18.2 Å². The number of aromatic hydroxyl groups is 1. The second-order valence-corrected chi connectivity index (χ2v) is 4.44. The highest BCUT2D eigenvalue weighted by Gasteiger charge is 2.10. The van der Waals surface area contributed by atoms with Crippen molar-refractivity contribution in [3.63, 3.8) is 0 Å². The van der Waals surface area contributed by atoms with Gasteiger partial charge in [-0.2, -0.15) is 0 Å². The average molecular weight is 217 g/mol. The lowest BCUT2D eigenvalue weighted by atomic mass is 10.0. The van der Waals surface area contributed by atoms with Gasteiger partial charge < -0.3 is 10.4 Å². The van der Waals surface area contributed by atoms with E-state index in [-0.39, 0.29) is 0 Å². The third-order valence-electron chi connectivity index (χ3n) is 3.17. The van der Waals surface area contributed by atoms with Crippen LogP contribution in [0, 0.1) is 6.92 Å². The number of benzene rings is 1. The van der Waals surface area contributed by atoms with Gasteiger partial charge in [-0.1, -0.05) is 30.4 Å². The summed E-state index contributed by atoms with van der Waals surface area (Å²) in [6.07, 6.45) is 7.94. The van der Waals surface area contributed by atoms with Gasteiger partial charge in [0.25, 0.3) is 0 Å². The van der Waals surface area contributed by atoms with E-state index in [0.717, 1.165) is 30.5 Å². The Bertz CT molecular complexity index is 384. The fourth-order valence-electron chi connectivity index (χ4n) is 2.10. The Morgan fingerprint density at radius 3 is 3.00 bits per heavy atom. The van der Waals surface area contributed by atoms with Gasteiger partial charge in [-0.05, 0) is 31.7 Å². The number of hydrogen-bond donors (Lipinski definition) is 2. The maximum atomic E-state index is 9.87. The van der Waals surface area contributed by atoms with Crippen molar-refractivity contribution >= 4 is 0 Å². The minimum atomic E-state index is 0.432. The van der Waals surface area contributed by atoms with Crippen LogP contribution in [-0.2, 0) is 6.54 Å². The van der Waals surface area contributed by atoms with E-state index < -0.39 is 0 Å². The first-order chi connectivity index (χ1) is 7.77. The van der Waals surface area contributed by atoms with Crippen molar-refractivity contribution in [2.45, 2.75) is 38.8 Å². The van der Waals surface area contributed by atoms with Gasteiger partial charge in [0.05, 0.1) is 0 Å². The Morgan fingerprint density at radius 1 is 1.38 bits per heavy atom. The molecule has 2 N–H and O–H groups in total. The van der Waals surface area contributed by atoms with Crippen LogP contribution in [-0.4, -0.2) is 11.1 Å². The quantitative estimate of drug-likeness (QED) is 0.763. The molecule has 0 bridgehead atoms. The monoisotopic (exact) mass is 217 g/mol. The van der Waals surface area contributed by atoms with E-state index in [1.807, 2.05) is 25.1 Å². The molecule has 0 aliphatic heterocycles. The van der Waals surface area contributed by atoms with Gasteiger partial charge in [-0.25, -0.2) is 0 Å². The van der Waals surface area contributed by atoms with Gasteiger partial charge >= 0.3 is 0 Å². The molecule has 0 heterocycles. The fourth-order valence-corrected chi connectivity index (χ4v) is 2.10. The third-order valence-corrected chi connectivity index (χ3v) is 3.17. The zero-order valence-corrected chi connectivity index (χ0v) is 9.74. The number of aryl methyl sites for hydroxylation is 1. The molecule has 0 fully saturated rings. The number of hydrogen-bond acceptors (Lipinski definition) is 2. The molecule has 0 spiro atoms. The van der Waals surface area contributed by atoms with Crippen LogP contribution in [0.5, 0.6) is 5.75 Å². The molecule has 2 nitrogen and oxygen atoms in total. The van der Waals surface area contributed by atoms with E-state index in [0.29, 0.717) is 11.8 Å². The molecule has 1 atom stereocenters. The van der Waals surface area contributed by atoms with Crippen LogP contribution in [0.4, 0.5) is 0 Å². The van der Waals surface area contributed by atoms with Gasteiger partial charge in [0.15, 0.2) is 0 Å². The van der Waals surface area contributed by atoms with Crippen LogP contribution in [0.1, 0.15) is 30.4 Å². The molecule has 0 aromatic heterocycles. The molecule has 86 valence electrons. The summed E-state index contributed by atoms with van der Waals surface area (Å²) in [5, 5.41) is 13.4. The minimum Gasteiger partial charge on any atom is -0.507 e. The molecule has 1 aliphatic carbocycles. The SMILES string of the molecule is Cc1cccc(CNC2CC=CCC2)c1O. The van der Waals surface area contributed by atoms with Crippen molar-refractivity contribution in [1.29, 1.82) is 0 Å². The third kappa shape index (κ3) is 2.64. The summed E-state index contributed by atoms with van der Waals surface area (Å²) >= 11 is 0. The Hall–Kier alpha value is -1.28. The van der Waals surface area contributed by atoms with Crippen molar-refractivity contribution < 1.29 is 5.11 Å². The van der Waals surface area contributed by atoms with Gasteiger partial charge in [0.1, 0.15) is 5.75 Å². The smallest absolute Gasteiger partial charge is 0.122 e. The van der Waals surface area contributed by atoms with Gasteiger partial charge in [0.2, 0.25) is 0 Å². The molecule has 1 aliphatic rings. The van der Waals surface area contributed by atoms with E-state index >= 15 is 0 Å². The molecule has 2 rings (SSSR count). The summed E-state index contributed by atoms with van der Waals surface area (Å²) < 4.78 is 0. The van der Waals surface area contributed by atoms with Crippen LogP contribution in [0.25, 0.3) is 0 Å². The predicted octanol–water partition coefficient (Wildman–Crippen LogP) is 2.90. The van der Waals surface area contributed by atoms with Crippen molar-refractivity contribution in [3.8, 4) is 5.75 Å². The molecule has 1 aromatic rings. The summed E-state index contributed by atoms with van der Waals surface area (Å²) in [4.78, 5) is 0. The summed E-state index contributed by atoms with van der Waals surface area (Å²) in [5.41, 5.74) is 1.94. The van der Waals surface area contributed by atoms with E-state index in [4.69, 9.17) is 0 Å². The molecular weight excluding hydrogens is 198 g/mol. The Labute approximate surface area is 97.0 Å². The maximum Gasteiger partial charge on any atom is 0.122 e. The number of phenolic OH excluding ortho intramolecular Hbond substituents is 1. The molecule has 0 saturated carbocycles. The molecule has 1 aromatic carbocycles. The maximum absolute atomic E-state index is 9.87. The molecule has 0 saturated heterocycles. The zero-order valence-electron chi connectivity index (χ0n) is 9.74. The highest BCUT2D eigenvalue weighted by molar-refractivity contribution is 5.39. The average Bonchev–Trinajstić information content (AvgIpc) is 2.32. The summed E-state index contributed by atoms with van der Waals surface area (Å²) in [6.45, 7) is 2.69. The molecule has 0 amide bonds. The number of nitrogens with one attached hydrogen (secondary N) is 1. The van der Waals surface area contributed by atoms with Crippen LogP contribution >= 0.6 is 0 Å². The van der Waals surface area contributed by atoms with Crippen molar-refractivity contribution in [2.24, 2.45) is 0 Å². The van der Waals surface area contributed by atoms with Gasteiger partial charge in [-0.15, -0.1) is 0 Å². The fraction of sp³-hybridized carbons (Fsp3) is 0.429. The molecule has 2 heteroatoms. The first kappa shape index (κ1) is 11.2. The van der Waals surface area contributed by atoms with Crippen LogP contribution < -0.4 is 5.32 Å². The lowest BCUT2D eigenvalue weighted by molar-refractivity contribution is 0.442. The summed E-state index contributed by atoms with van der Waals surface area (Å²) in [5.74, 6) is 0.432. The predicted molar refractivity (Wildman–Crippen MR) is 66.5 cm³/mol. The summed E-state index contributed by atoms with van der Waals surface area (Å²) in [7, 11) is 0. The summed E-state index contributed by atoms with van der Waals surface area (Å²) in [6, 6.07) is 6.47. The van der Waals surface area contributed by atoms with Gasteiger partial charge in [-0.3, -0.25) is 0 Å². The lowest BCUT2D eigenvalue weighted by Crippen LogP contribution is -2.29. The molecule has 0 radical (unpaired) electrons. The van der Waals surface area contributed by atoms with Crippen LogP contribution in [0.15, 0.2) is 30.4 Å². The highest BCUT2D eigenvalue weighted by Crippen LogP contribution is 2.21. The van der Waals surface area contributed by atoms with E-state index in [9.17, 15) is 5.11 Å². The largest absolute Gasteiger partial charge is 0.507 e. The van der Waals surface area contributed by atoms with Crippen molar-refractivity contribution in [3.05, 3.63) is 41.5 Å². The van der Waals surface area contributed by atoms with E-state index in [1.54, 1.807) is 0 Å². The molecular formula is C14H19NO. The standard InChI is InChI=1S/C14H19NO/c1-11-6-5-7-12(14(11)16)10-15-13-8-3-2-4-9-13/h2-3,5-7,13,15-16H,4,8-10H2,1H3. The normalized spacial score (nSPS) is 19.9. The Balaban J connectivity index is 1.94. The van der Waals surface area contributed by atoms with Crippen LogP contribution in [0.2, 0.25) is 0 Å². The van der Waals surface area contributed by atoms with E-state index in [2.05, 4.69) is 17.5 Å². The second kappa shape index (κ2) is 5.17. The number of rotatable bonds is 3. The number of phenols is 1. The van der Waals surface area contributed by atoms with Crippen molar-refractivity contribution in [1.82, 2.24) is 5.32 Å². The number of allylic oxidation sites excluding steroid dienone is 1. The highest BCUT2D eigenvalue weighted by atomic mass is 16.3. The topological polar surface area (TPSA) is 32.3 Å². The van der Waals surface area contributed by atoms with Crippen LogP contribution in [0.3, 0.4) is 0 Å². The lowest BCUT2D eigenvalue weighted by Gasteiger charge is -2.19. The molecule has 1 unspecified atom stereocenters. The Kier molecular flexibility index (Phi) is 3.62. The Morgan fingerprint density at radius 2 is 2.25 bits per heavy atom. The zero-order chi connectivity index (χ0) is 11.4. The first-order valence-corrected chi connectivity index (χ1v) is 5.93. The molecule has 16 heavy (non-hydrogen) atoms. The van der Waals surface area contributed by atoms with Crippen molar-refractivity contribution in [2.75, 3.05) is 0 Å². The first-order valence-electron chi connectivity index (χ1n) is 5.93.